The minimum absolute atomic E-state index is 0.0447. The first-order valence-electron chi connectivity index (χ1n) is 5.40. The number of rotatable bonds is 5. The molecule has 0 radical (unpaired) electrons. The molecule has 1 fully saturated rings. The summed E-state index contributed by atoms with van der Waals surface area (Å²) in [5, 5.41) is 11.3. The highest BCUT2D eigenvalue weighted by Gasteiger charge is 2.27. The van der Waals surface area contributed by atoms with Crippen LogP contribution in [0, 0.1) is 6.92 Å². The number of carboxylic acids is 1. The number of hydrogen-bond donors (Lipinski definition) is 2. The van der Waals surface area contributed by atoms with Crippen LogP contribution in [0.15, 0.2) is 4.34 Å². The second-order valence-electron chi connectivity index (χ2n) is 3.75. The molecule has 2 N–H and O–H groups in total. The lowest BCUT2D eigenvalue weighted by Gasteiger charge is -2.10. The van der Waals surface area contributed by atoms with E-state index in [-0.39, 0.29) is 29.9 Å². The zero-order chi connectivity index (χ0) is 14.0. The van der Waals surface area contributed by atoms with Gasteiger partial charge in [0, 0.05) is 12.3 Å². The number of carbonyl (C=O) groups is 3. The number of nitrogens with zero attached hydrogens (tertiary/aromatic N) is 2. The highest BCUT2D eigenvalue weighted by molar-refractivity contribution is 8.01. The molecule has 0 atom stereocenters. The van der Waals surface area contributed by atoms with E-state index < -0.39 is 5.97 Å². The van der Waals surface area contributed by atoms with Crippen molar-refractivity contribution in [2.24, 2.45) is 0 Å². The molecule has 0 aromatic carbocycles. The van der Waals surface area contributed by atoms with Crippen LogP contribution in [-0.4, -0.2) is 51.7 Å². The molecule has 102 valence electrons. The van der Waals surface area contributed by atoms with Crippen molar-refractivity contribution in [3.05, 3.63) is 10.6 Å². The molecular weight excluding hydrogens is 290 g/mol. The first kappa shape index (κ1) is 13.8. The molecule has 3 amide bonds. The van der Waals surface area contributed by atoms with E-state index in [0.717, 1.165) is 16.2 Å². The summed E-state index contributed by atoms with van der Waals surface area (Å²) < 4.78 is 0.627. The summed E-state index contributed by atoms with van der Waals surface area (Å²) in [7, 11) is 0. The van der Waals surface area contributed by atoms with Crippen molar-refractivity contribution in [1.82, 2.24) is 15.2 Å². The molecule has 2 rings (SSSR count). The Morgan fingerprint density at radius 1 is 1.58 bits per heavy atom. The van der Waals surface area contributed by atoms with Crippen molar-refractivity contribution in [2.75, 3.05) is 18.8 Å². The highest BCUT2D eigenvalue weighted by Crippen LogP contribution is 2.27. The summed E-state index contributed by atoms with van der Waals surface area (Å²) in [5.41, 5.74) is 0.481. The molecule has 1 aromatic rings. The number of nitrogens with one attached hydrogen (secondary N) is 1. The molecule has 1 aromatic heterocycles. The van der Waals surface area contributed by atoms with Crippen LogP contribution in [0.3, 0.4) is 0 Å². The normalized spacial score (nSPS) is 14.9. The standard InChI is InChI=1S/C10H11N3O4S2/c1-5-7(8(15)16)19-10(12-5)18-3-2-13-6(14)4-11-9(13)17/h2-4H2,1H3,(H,11,17)(H,15,16). The van der Waals surface area contributed by atoms with Crippen molar-refractivity contribution >= 4 is 41.0 Å². The predicted molar refractivity (Wildman–Crippen MR) is 69.6 cm³/mol. The number of carbonyl (C=O) groups excluding carboxylic acids is 2. The van der Waals surface area contributed by atoms with E-state index in [1.165, 1.54) is 11.8 Å². The average molecular weight is 301 g/mol. The quantitative estimate of drug-likeness (QED) is 0.616. The van der Waals surface area contributed by atoms with E-state index in [9.17, 15) is 14.4 Å². The minimum atomic E-state index is -0.990. The van der Waals surface area contributed by atoms with Gasteiger partial charge in [0.05, 0.1) is 12.2 Å². The maximum atomic E-state index is 11.3. The number of thioether (sulfide) groups is 1. The van der Waals surface area contributed by atoms with Crippen LogP contribution < -0.4 is 5.32 Å². The summed E-state index contributed by atoms with van der Waals surface area (Å²) in [6, 6.07) is -0.382. The molecule has 19 heavy (non-hydrogen) atoms. The first-order valence-corrected chi connectivity index (χ1v) is 7.21. The lowest BCUT2D eigenvalue weighted by Crippen LogP contribution is -2.32. The van der Waals surface area contributed by atoms with Gasteiger partial charge in [0.15, 0.2) is 4.34 Å². The number of aromatic nitrogens is 1. The van der Waals surface area contributed by atoms with Gasteiger partial charge in [-0.3, -0.25) is 9.69 Å². The number of urea groups is 1. The number of aryl methyl sites for hydroxylation is 1. The Bertz CT molecular complexity index is 527. The Morgan fingerprint density at radius 2 is 2.32 bits per heavy atom. The Morgan fingerprint density at radius 3 is 2.84 bits per heavy atom. The fourth-order valence-electron chi connectivity index (χ4n) is 1.54. The molecule has 7 nitrogen and oxygen atoms in total. The smallest absolute Gasteiger partial charge is 0.347 e. The predicted octanol–water partition coefficient (Wildman–Crippen LogP) is 0.794. The highest BCUT2D eigenvalue weighted by atomic mass is 32.2. The van der Waals surface area contributed by atoms with Gasteiger partial charge >= 0.3 is 12.0 Å². The molecular formula is C10H11N3O4S2. The summed E-state index contributed by atoms with van der Waals surface area (Å²) in [6.07, 6.45) is 0. The molecule has 9 heteroatoms. The fourth-order valence-corrected chi connectivity index (χ4v) is 3.56. The molecule has 0 unspecified atom stereocenters. The third kappa shape index (κ3) is 3.04. The maximum Gasteiger partial charge on any atom is 0.347 e. The Balaban J connectivity index is 1.89. The van der Waals surface area contributed by atoms with E-state index >= 15 is 0 Å². The number of carboxylic acid groups (broad SMARTS) is 1. The Kier molecular flexibility index (Phi) is 4.05. The van der Waals surface area contributed by atoms with Gasteiger partial charge in [-0.05, 0) is 6.92 Å². The third-order valence-electron chi connectivity index (χ3n) is 2.45. The third-order valence-corrected chi connectivity index (χ3v) is 4.72. The van der Waals surface area contributed by atoms with Crippen molar-refractivity contribution in [3.63, 3.8) is 0 Å². The van der Waals surface area contributed by atoms with Crippen LogP contribution in [0.25, 0.3) is 0 Å². The van der Waals surface area contributed by atoms with Gasteiger partial charge in [-0.15, -0.1) is 11.3 Å². The summed E-state index contributed by atoms with van der Waals surface area (Å²) in [6.45, 7) is 1.97. The molecule has 0 bridgehead atoms. The molecule has 1 saturated heterocycles. The zero-order valence-corrected chi connectivity index (χ0v) is 11.6. The minimum Gasteiger partial charge on any atom is -0.477 e. The molecule has 2 heterocycles. The number of aromatic carboxylic acids is 1. The number of imide groups is 1. The van der Waals surface area contributed by atoms with Gasteiger partial charge in [0.2, 0.25) is 5.91 Å². The van der Waals surface area contributed by atoms with Crippen LogP contribution in [0.2, 0.25) is 0 Å². The van der Waals surface area contributed by atoms with Crippen LogP contribution in [0.1, 0.15) is 15.4 Å². The Labute approximate surface area is 117 Å². The maximum absolute atomic E-state index is 11.3. The largest absolute Gasteiger partial charge is 0.477 e. The van der Waals surface area contributed by atoms with Crippen molar-refractivity contribution < 1.29 is 19.5 Å². The second kappa shape index (κ2) is 5.57. The van der Waals surface area contributed by atoms with Gasteiger partial charge < -0.3 is 10.4 Å². The van der Waals surface area contributed by atoms with Crippen LogP contribution in [-0.2, 0) is 4.79 Å². The second-order valence-corrected chi connectivity index (χ2v) is 6.09. The lowest BCUT2D eigenvalue weighted by atomic mass is 10.4. The van der Waals surface area contributed by atoms with E-state index in [1.807, 2.05) is 0 Å². The van der Waals surface area contributed by atoms with Gasteiger partial charge in [0.25, 0.3) is 0 Å². The van der Waals surface area contributed by atoms with Crippen molar-refractivity contribution in [2.45, 2.75) is 11.3 Å². The van der Waals surface area contributed by atoms with E-state index in [0.29, 0.717) is 15.8 Å². The SMILES string of the molecule is Cc1nc(SCCN2C(=O)CNC2=O)sc1C(=O)O. The monoisotopic (exact) mass is 301 g/mol. The lowest BCUT2D eigenvalue weighted by molar-refractivity contribution is -0.124. The summed E-state index contributed by atoms with van der Waals surface area (Å²) in [4.78, 5) is 38.9. The number of thiazole rings is 1. The van der Waals surface area contributed by atoms with E-state index in [1.54, 1.807) is 6.92 Å². The van der Waals surface area contributed by atoms with Gasteiger partial charge in [-0.25, -0.2) is 14.6 Å². The van der Waals surface area contributed by atoms with Crippen molar-refractivity contribution in [3.8, 4) is 0 Å². The molecule has 1 aliphatic heterocycles. The first-order chi connectivity index (χ1) is 8.99. The van der Waals surface area contributed by atoms with E-state index in [4.69, 9.17) is 5.11 Å². The van der Waals surface area contributed by atoms with Crippen molar-refractivity contribution in [1.29, 1.82) is 0 Å². The molecule has 0 spiro atoms. The van der Waals surface area contributed by atoms with Crippen LogP contribution in [0.4, 0.5) is 4.79 Å². The molecule has 0 saturated carbocycles. The van der Waals surface area contributed by atoms with Gasteiger partial charge in [-0.1, -0.05) is 11.8 Å². The van der Waals surface area contributed by atoms with Gasteiger partial charge in [0.1, 0.15) is 4.88 Å². The molecule has 0 aliphatic carbocycles. The topological polar surface area (TPSA) is 99.6 Å². The zero-order valence-electron chi connectivity index (χ0n) is 10.0. The van der Waals surface area contributed by atoms with Crippen LogP contribution >= 0.6 is 23.1 Å². The summed E-state index contributed by atoms with van der Waals surface area (Å²) >= 11 is 2.43. The van der Waals surface area contributed by atoms with Crippen LogP contribution in [0.5, 0.6) is 0 Å². The molecule has 1 aliphatic rings. The number of hydrogen-bond acceptors (Lipinski definition) is 6. The summed E-state index contributed by atoms with van der Waals surface area (Å²) in [5.74, 6) is -0.742. The van der Waals surface area contributed by atoms with Gasteiger partial charge in [-0.2, -0.15) is 0 Å². The Hall–Kier alpha value is -1.61. The average Bonchev–Trinajstić information content (AvgIpc) is 2.86. The van der Waals surface area contributed by atoms with E-state index in [2.05, 4.69) is 10.3 Å². The fraction of sp³-hybridized carbons (Fsp3) is 0.400. The number of amides is 3.